The maximum Gasteiger partial charge on any atom is 0.355 e. The summed E-state index contributed by atoms with van der Waals surface area (Å²) >= 11 is 3.52. The predicted octanol–water partition coefficient (Wildman–Crippen LogP) is 6.27. The van der Waals surface area contributed by atoms with Gasteiger partial charge in [0.05, 0.1) is 13.2 Å². The smallest absolute Gasteiger partial charge is 0.355 e. The van der Waals surface area contributed by atoms with Crippen LogP contribution in [0.3, 0.4) is 0 Å². The fourth-order valence-corrected chi connectivity index (χ4v) is 3.97. The van der Waals surface area contributed by atoms with Gasteiger partial charge in [-0.2, -0.15) is 0 Å². The van der Waals surface area contributed by atoms with Crippen molar-refractivity contribution in [2.24, 2.45) is 0 Å². The number of nitrogens with one attached hydrogen (secondary N) is 1. The molecule has 4 rings (SSSR count). The minimum absolute atomic E-state index is 0.315. The van der Waals surface area contributed by atoms with Crippen molar-refractivity contribution in [1.29, 1.82) is 0 Å². The summed E-state index contributed by atoms with van der Waals surface area (Å²) in [6.07, 6.45) is 1.50. The molecule has 1 heterocycles. The van der Waals surface area contributed by atoms with E-state index in [0.29, 0.717) is 18.9 Å². The second kappa shape index (κ2) is 8.70. The van der Waals surface area contributed by atoms with Crippen molar-refractivity contribution in [3.05, 3.63) is 76.4 Å². The number of rotatable bonds is 7. The minimum atomic E-state index is -0.315. The van der Waals surface area contributed by atoms with Crippen molar-refractivity contribution in [1.82, 2.24) is 4.98 Å². The first-order valence-corrected chi connectivity index (χ1v) is 10.5. The number of carbonyl (C=O) groups is 1. The molecule has 1 aromatic heterocycles. The second-order valence-electron chi connectivity index (χ2n) is 6.82. The summed E-state index contributed by atoms with van der Waals surface area (Å²) in [4.78, 5) is 15.6. The number of H-pyrrole nitrogens is 1. The lowest BCUT2D eigenvalue weighted by molar-refractivity contribution is 0.0519. The van der Waals surface area contributed by atoms with E-state index < -0.39 is 0 Å². The van der Waals surface area contributed by atoms with E-state index in [1.807, 2.05) is 49.4 Å². The predicted molar refractivity (Wildman–Crippen MR) is 120 cm³/mol. The van der Waals surface area contributed by atoms with Crippen molar-refractivity contribution in [3.63, 3.8) is 0 Å². The van der Waals surface area contributed by atoms with Crippen LogP contribution in [0.4, 0.5) is 0 Å². The molecule has 0 fully saturated rings. The Morgan fingerprint density at radius 3 is 2.72 bits per heavy atom. The van der Waals surface area contributed by atoms with E-state index >= 15 is 0 Å². The van der Waals surface area contributed by atoms with Crippen LogP contribution in [0, 0.1) is 0 Å². The molecule has 0 aliphatic rings. The van der Waals surface area contributed by atoms with Crippen LogP contribution in [0.25, 0.3) is 21.7 Å². The molecule has 4 aromatic rings. The van der Waals surface area contributed by atoms with E-state index in [1.165, 1.54) is 0 Å². The number of fused-ring (bicyclic) bond motifs is 2. The van der Waals surface area contributed by atoms with Gasteiger partial charge in [0.2, 0.25) is 0 Å². The summed E-state index contributed by atoms with van der Waals surface area (Å²) in [6.45, 7) is 2.73. The molecule has 0 radical (unpaired) electrons. The Morgan fingerprint density at radius 2 is 1.86 bits per heavy atom. The molecule has 4 nitrogen and oxygen atoms in total. The molecule has 0 unspecified atom stereocenters. The molecule has 29 heavy (non-hydrogen) atoms. The molecule has 5 heteroatoms. The third-order valence-electron chi connectivity index (χ3n) is 4.93. The fraction of sp³-hybridized carbons (Fsp3) is 0.208. The number of aromatic amines is 1. The Labute approximate surface area is 178 Å². The summed E-state index contributed by atoms with van der Waals surface area (Å²) in [5, 5.41) is 3.31. The van der Waals surface area contributed by atoms with Crippen LogP contribution < -0.4 is 4.74 Å². The van der Waals surface area contributed by atoms with Crippen LogP contribution >= 0.6 is 15.9 Å². The monoisotopic (exact) mass is 451 g/mol. The van der Waals surface area contributed by atoms with E-state index in [0.717, 1.165) is 50.3 Å². The van der Waals surface area contributed by atoms with E-state index in [9.17, 15) is 4.79 Å². The van der Waals surface area contributed by atoms with Crippen LogP contribution in [0.1, 0.15) is 29.4 Å². The fourth-order valence-electron chi connectivity index (χ4n) is 3.61. The van der Waals surface area contributed by atoms with Gasteiger partial charge in [-0.1, -0.05) is 52.3 Å². The highest BCUT2D eigenvalue weighted by Crippen LogP contribution is 2.28. The number of ether oxygens (including phenoxy) is 2. The quantitative estimate of drug-likeness (QED) is 0.266. The van der Waals surface area contributed by atoms with Crippen molar-refractivity contribution >= 4 is 43.6 Å². The van der Waals surface area contributed by atoms with E-state index in [1.54, 1.807) is 0 Å². The highest BCUT2D eigenvalue weighted by atomic mass is 79.9. The minimum Gasteiger partial charge on any atom is -0.493 e. The van der Waals surface area contributed by atoms with Gasteiger partial charge in [-0.25, -0.2) is 4.79 Å². The second-order valence-corrected chi connectivity index (χ2v) is 7.73. The lowest BCUT2D eigenvalue weighted by Gasteiger charge is -2.10. The first-order valence-electron chi connectivity index (χ1n) is 9.75. The zero-order chi connectivity index (χ0) is 20.2. The summed E-state index contributed by atoms with van der Waals surface area (Å²) in [5.74, 6) is 0.570. The molecule has 0 saturated heterocycles. The molecule has 0 spiro atoms. The number of hydrogen-bond acceptors (Lipinski definition) is 3. The summed E-state index contributed by atoms with van der Waals surface area (Å²) in [7, 11) is 0. The van der Waals surface area contributed by atoms with Gasteiger partial charge in [0.1, 0.15) is 11.4 Å². The first kappa shape index (κ1) is 19.5. The molecule has 148 valence electrons. The molecule has 0 saturated carbocycles. The van der Waals surface area contributed by atoms with Crippen LogP contribution in [-0.2, 0) is 11.2 Å². The van der Waals surface area contributed by atoms with E-state index in [2.05, 4.69) is 39.1 Å². The third-order valence-corrected chi connectivity index (χ3v) is 5.42. The van der Waals surface area contributed by atoms with Gasteiger partial charge in [-0.05, 0) is 55.0 Å². The van der Waals surface area contributed by atoms with Crippen LogP contribution in [0.2, 0.25) is 0 Å². The number of aryl methyl sites for hydroxylation is 1. The number of halogens is 1. The van der Waals surface area contributed by atoms with Crippen molar-refractivity contribution in [2.75, 3.05) is 13.2 Å². The van der Waals surface area contributed by atoms with Gasteiger partial charge >= 0.3 is 5.97 Å². The Hall–Kier alpha value is -2.79. The van der Waals surface area contributed by atoms with Gasteiger partial charge in [0.25, 0.3) is 0 Å². The average Bonchev–Trinajstić information content (AvgIpc) is 3.09. The molecule has 0 amide bonds. The van der Waals surface area contributed by atoms with Gasteiger partial charge in [0.15, 0.2) is 0 Å². The molecule has 0 aliphatic heterocycles. The number of benzene rings is 3. The van der Waals surface area contributed by atoms with Crippen LogP contribution in [0.15, 0.2) is 65.1 Å². The van der Waals surface area contributed by atoms with Gasteiger partial charge in [-0.15, -0.1) is 0 Å². The van der Waals surface area contributed by atoms with Crippen LogP contribution in [-0.4, -0.2) is 24.2 Å². The SMILES string of the molecule is CCOC(=O)c1[nH]c2ccc(Br)cc2c1CCCOc1cccc2ccccc12. The summed E-state index contributed by atoms with van der Waals surface area (Å²) < 4.78 is 12.3. The van der Waals surface area contributed by atoms with Crippen molar-refractivity contribution in [2.45, 2.75) is 19.8 Å². The van der Waals surface area contributed by atoms with Gasteiger partial charge < -0.3 is 14.5 Å². The number of hydrogen-bond donors (Lipinski definition) is 1. The van der Waals surface area contributed by atoms with Gasteiger partial charge in [0, 0.05) is 20.8 Å². The van der Waals surface area contributed by atoms with Crippen molar-refractivity contribution < 1.29 is 14.3 Å². The highest BCUT2D eigenvalue weighted by molar-refractivity contribution is 9.10. The normalized spacial score (nSPS) is 11.1. The Balaban J connectivity index is 1.52. The highest BCUT2D eigenvalue weighted by Gasteiger charge is 2.18. The number of aromatic nitrogens is 1. The largest absolute Gasteiger partial charge is 0.493 e. The molecular formula is C24H22BrNO3. The first-order chi connectivity index (χ1) is 14.2. The van der Waals surface area contributed by atoms with Gasteiger partial charge in [-0.3, -0.25) is 0 Å². The molecular weight excluding hydrogens is 430 g/mol. The summed E-state index contributed by atoms with van der Waals surface area (Å²) in [6, 6.07) is 20.2. The standard InChI is InChI=1S/C24H22BrNO3/c1-2-28-24(27)23-19(20-15-17(25)12-13-21(20)26-23)10-6-14-29-22-11-5-8-16-7-3-4-9-18(16)22/h3-5,7-9,11-13,15,26H,2,6,10,14H2,1H3. The Morgan fingerprint density at radius 1 is 1.03 bits per heavy atom. The Bertz CT molecular complexity index is 1160. The number of carbonyl (C=O) groups excluding carboxylic acids is 1. The van der Waals surface area contributed by atoms with E-state index in [4.69, 9.17) is 9.47 Å². The maximum atomic E-state index is 12.4. The zero-order valence-corrected chi connectivity index (χ0v) is 17.8. The maximum absolute atomic E-state index is 12.4. The molecule has 0 aliphatic carbocycles. The van der Waals surface area contributed by atoms with Crippen LogP contribution in [0.5, 0.6) is 5.75 Å². The average molecular weight is 452 g/mol. The third kappa shape index (κ3) is 4.15. The molecule has 1 N–H and O–H groups in total. The molecule has 3 aromatic carbocycles. The summed E-state index contributed by atoms with van der Waals surface area (Å²) in [5.41, 5.74) is 2.44. The zero-order valence-electron chi connectivity index (χ0n) is 16.2. The molecule has 0 bridgehead atoms. The lowest BCUT2D eigenvalue weighted by Crippen LogP contribution is -2.09. The lowest BCUT2D eigenvalue weighted by atomic mass is 10.1. The number of esters is 1. The molecule has 0 atom stereocenters. The Kier molecular flexibility index (Phi) is 5.86. The van der Waals surface area contributed by atoms with Crippen molar-refractivity contribution in [3.8, 4) is 5.75 Å². The topological polar surface area (TPSA) is 51.3 Å². The van der Waals surface area contributed by atoms with E-state index in [-0.39, 0.29) is 5.97 Å².